The Hall–Kier alpha value is -0.450. The fourth-order valence-electron chi connectivity index (χ4n) is 2.78. The zero-order chi connectivity index (χ0) is 13.9. The van der Waals surface area contributed by atoms with Crippen molar-refractivity contribution in [3.8, 4) is 0 Å². The van der Waals surface area contributed by atoms with Crippen LogP contribution >= 0.6 is 15.9 Å². The van der Waals surface area contributed by atoms with Gasteiger partial charge >= 0.3 is 0 Å². The highest BCUT2D eigenvalue weighted by atomic mass is 79.9. The summed E-state index contributed by atoms with van der Waals surface area (Å²) in [5, 5.41) is 0. The number of hydrogen-bond donors (Lipinski definition) is 1. The summed E-state index contributed by atoms with van der Waals surface area (Å²) < 4.78 is 1.02. The van der Waals surface area contributed by atoms with Gasteiger partial charge in [0.2, 0.25) is 0 Å². The van der Waals surface area contributed by atoms with Crippen LogP contribution in [0.3, 0.4) is 0 Å². The third-order valence-electron chi connectivity index (χ3n) is 4.30. The van der Waals surface area contributed by atoms with Gasteiger partial charge in [0, 0.05) is 28.4 Å². The van der Waals surface area contributed by atoms with E-state index >= 15 is 0 Å². The molecule has 1 aliphatic heterocycles. The van der Waals surface area contributed by atoms with Gasteiger partial charge in [-0.25, -0.2) is 0 Å². The fourth-order valence-corrected chi connectivity index (χ4v) is 3.19. The number of nitrogens with zero attached hydrogens (tertiary/aromatic N) is 2. The summed E-state index contributed by atoms with van der Waals surface area (Å²) in [5.74, 6) is 0. The van der Waals surface area contributed by atoms with Crippen LogP contribution in [0.1, 0.15) is 38.7 Å². The molecule has 106 valence electrons. The molecular weight excluding hydrogens is 302 g/mol. The average molecular weight is 326 g/mol. The summed E-state index contributed by atoms with van der Waals surface area (Å²) >= 11 is 3.47. The Morgan fingerprint density at radius 3 is 2.63 bits per heavy atom. The Bertz CT molecular complexity index is 414. The molecule has 0 saturated carbocycles. The fraction of sp³-hybridized carbons (Fsp3) is 0.667. The average Bonchev–Trinajstić information content (AvgIpc) is 2.39. The predicted molar refractivity (Wildman–Crippen MR) is 83.1 cm³/mol. The summed E-state index contributed by atoms with van der Waals surface area (Å²) in [7, 11) is 0. The van der Waals surface area contributed by atoms with Crippen LogP contribution in [0.5, 0.6) is 0 Å². The summed E-state index contributed by atoms with van der Waals surface area (Å²) in [4.78, 5) is 6.76. The number of halogens is 1. The van der Waals surface area contributed by atoms with E-state index in [1.165, 1.54) is 37.9 Å². The zero-order valence-electron chi connectivity index (χ0n) is 11.9. The molecule has 1 aromatic heterocycles. The maximum absolute atomic E-state index is 6.48. The van der Waals surface area contributed by atoms with Crippen molar-refractivity contribution in [3.05, 3.63) is 28.5 Å². The Morgan fingerprint density at radius 2 is 2.00 bits per heavy atom. The molecule has 1 aromatic rings. The molecule has 1 atom stereocenters. The lowest BCUT2D eigenvalue weighted by molar-refractivity contribution is 0.0731. The molecule has 0 aromatic carbocycles. The van der Waals surface area contributed by atoms with Crippen molar-refractivity contribution in [3.63, 3.8) is 0 Å². The standard InChI is InChI=1S/C15H24BrN3/c1-15(2,19-6-4-3-5-7-19)14(17)9-12-8-13(16)11-18-10-12/h8,10-11,14H,3-7,9,17H2,1-2H3. The lowest BCUT2D eigenvalue weighted by atomic mass is 9.87. The lowest BCUT2D eigenvalue weighted by Gasteiger charge is -2.44. The number of piperidine rings is 1. The van der Waals surface area contributed by atoms with Gasteiger partial charge in [0.05, 0.1) is 0 Å². The third-order valence-corrected chi connectivity index (χ3v) is 4.73. The molecule has 3 nitrogen and oxygen atoms in total. The first-order valence-corrected chi connectivity index (χ1v) is 7.89. The van der Waals surface area contributed by atoms with Crippen molar-refractivity contribution >= 4 is 15.9 Å². The van der Waals surface area contributed by atoms with E-state index in [0.717, 1.165) is 10.9 Å². The zero-order valence-corrected chi connectivity index (χ0v) is 13.5. The molecule has 1 fully saturated rings. The van der Waals surface area contributed by atoms with Crippen LogP contribution in [0.2, 0.25) is 0 Å². The minimum Gasteiger partial charge on any atom is -0.326 e. The minimum atomic E-state index is 0.0444. The Morgan fingerprint density at radius 1 is 1.32 bits per heavy atom. The van der Waals surface area contributed by atoms with Gasteiger partial charge in [-0.2, -0.15) is 0 Å². The van der Waals surface area contributed by atoms with Crippen LogP contribution in [-0.4, -0.2) is 34.6 Å². The highest BCUT2D eigenvalue weighted by Gasteiger charge is 2.33. The Labute approximate surface area is 124 Å². The van der Waals surface area contributed by atoms with Crippen LogP contribution in [0, 0.1) is 0 Å². The highest BCUT2D eigenvalue weighted by molar-refractivity contribution is 9.10. The van der Waals surface area contributed by atoms with Crippen molar-refractivity contribution in [2.75, 3.05) is 13.1 Å². The predicted octanol–water partition coefficient (Wildman–Crippen LogP) is 2.98. The first-order chi connectivity index (χ1) is 9.00. The molecular formula is C15H24BrN3. The van der Waals surface area contributed by atoms with E-state index < -0.39 is 0 Å². The van der Waals surface area contributed by atoms with Crippen molar-refractivity contribution < 1.29 is 0 Å². The summed E-state index contributed by atoms with van der Waals surface area (Å²) in [6.07, 6.45) is 8.55. The van der Waals surface area contributed by atoms with Crippen LogP contribution in [0.25, 0.3) is 0 Å². The molecule has 0 spiro atoms. The molecule has 19 heavy (non-hydrogen) atoms. The molecule has 1 unspecified atom stereocenters. The molecule has 0 radical (unpaired) electrons. The number of hydrogen-bond acceptors (Lipinski definition) is 3. The normalized spacial score (nSPS) is 19.4. The monoisotopic (exact) mass is 325 g/mol. The molecule has 2 N–H and O–H groups in total. The van der Waals surface area contributed by atoms with E-state index in [4.69, 9.17) is 5.73 Å². The molecule has 2 heterocycles. The van der Waals surface area contributed by atoms with Crippen molar-refractivity contribution in [1.29, 1.82) is 0 Å². The van der Waals surface area contributed by atoms with E-state index in [1.54, 1.807) is 0 Å². The van der Waals surface area contributed by atoms with E-state index in [9.17, 15) is 0 Å². The third kappa shape index (κ3) is 3.77. The van der Waals surface area contributed by atoms with Gasteiger partial charge in [-0.15, -0.1) is 0 Å². The second-order valence-corrected chi connectivity index (χ2v) is 6.94. The summed E-state index contributed by atoms with van der Waals surface area (Å²) in [6, 6.07) is 2.24. The highest BCUT2D eigenvalue weighted by Crippen LogP contribution is 2.25. The van der Waals surface area contributed by atoms with Crippen molar-refractivity contribution in [2.45, 2.75) is 51.1 Å². The van der Waals surface area contributed by atoms with Gasteiger partial charge in [0.15, 0.2) is 0 Å². The molecule has 0 aliphatic carbocycles. The largest absolute Gasteiger partial charge is 0.326 e. The van der Waals surface area contributed by atoms with E-state index in [2.05, 4.69) is 45.7 Å². The number of aromatic nitrogens is 1. The van der Waals surface area contributed by atoms with Crippen LogP contribution in [-0.2, 0) is 6.42 Å². The smallest absolute Gasteiger partial charge is 0.0410 e. The van der Waals surface area contributed by atoms with Crippen LogP contribution in [0.15, 0.2) is 22.9 Å². The van der Waals surface area contributed by atoms with Gasteiger partial charge in [-0.1, -0.05) is 6.42 Å². The maximum Gasteiger partial charge on any atom is 0.0410 e. The van der Waals surface area contributed by atoms with Crippen LogP contribution in [0.4, 0.5) is 0 Å². The van der Waals surface area contributed by atoms with Gasteiger partial charge in [0.25, 0.3) is 0 Å². The summed E-state index contributed by atoms with van der Waals surface area (Å²) in [5.41, 5.74) is 7.72. The van der Waals surface area contributed by atoms with Gasteiger partial charge < -0.3 is 5.73 Å². The molecule has 1 aliphatic rings. The second kappa shape index (κ2) is 6.33. The van der Waals surface area contributed by atoms with Gasteiger partial charge in [-0.05, 0) is 73.8 Å². The maximum atomic E-state index is 6.48. The number of rotatable bonds is 4. The van der Waals surface area contributed by atoms with E-state index in [0.29, 0.717) is 0 Å². The number of nitrogens with two attached hydrogens (primary N) is 1. The quantitative estimate of drug-likeness (QED) is 0.925. The molecule has 1 saturated heterocycles. The number of pyridine rings is 1. The molecule has 0 bridgehead atoms. The minimum absolute atomic E-state index is 0.0444. The van der Waals surface area contributed by atoms with E-state index in [1.807, 2.05) is 12.4 Å². The molecule has 4 heteroatoms. The first-order valence-electron chi connectivity index (χ1n) is 7.10. The molecule has 0 amide bonds. The van der Waals surface area contributed by atoms with Crippen molar-refractivity contribution in [2.24, 2.45) is 5.73 Å². The SMILES string of the molecule is CC(C)(C(N)Cc1cncc(Br)c1)N1CCCCC1. The lowest BCUT2D eigenvalue weighted by Crippen LogP contribution is -2.58. The van der Waals surface area contributed by atoms with E-state index in [-0.39, 0.29) is 11.6 Å². The second-order valence-electron chi connectivity index (χ2n) is 6.02. The van der Waals surface area contributed by atoms with Gasteiger partial charge in [0.1, 0.15) is 0 Å². The topological polar surface area (TPSA) is 42.1 Å². The van der Waals surface area contributed by atoms with Crippen LogP contribution < -0.4 is 5.73 Å². The number of likely N-dealkylation sites (tertiary alicyclic amines) is 1. The first kappa shape index (κ1) is 14.9. The molecule has 2 rings (SSSR count). The Balaban J connectivity index is 2.03. The van der Waals surface area contributed by atoms with Gasteiger partial charge in [-0.3, -0.25) is 9.88 Å². The van der Waals surface area contributed by atoms with Crippen molar-refractivity contribution in [1.82, 2.24) is 9.88 Å². The Kier molecular flexibility index (Phi) is 4.98. The summed E-state index contributed by atoms with van der Waals surface area (Å²) in [6.45, 7) is 6.90.